The molecule has 0 saturated heterocycles. The van der Waals surface area contributed by atoms with Gasteiger partial charge < -0.3 is 10.1 Å². The van der Waals surface area contributed by atoms with Crippen molar-refractivity contribution in [1.82, 2.24) is 14.8 Å². The number of carbonyl (C=O) groups excluding carboxylic acids is 1. The minimum absolute atomic E-state index is 0.172. The van der Waals surface area contributed by atoms with E-state index >= 15 is 0 Å². The quantitative estimate of drug-likeness (QED) is 0.371. The molecule has 3 aromatic rings. The molecule has 0 atom stereocenters. The van der Waals surface area contributed by atoms with Gasteiger partial charge in [0.1, 0.15) is 12.4 Å². The van der Waals surface area contributed by atoms with Crippen LogP contribution in [-0.4, -0.2) is 26.4 Å². The van der Waals surface area contributed by atoms with Crippen LogP contribution in [0.2, 0.25) is 5.02 Å². The van der Waals surface area contributed by atoms with Crippen molar-refractivity contribution < 1.29 is 9.53 Å². The third-order valence-electron chi connectivity index (χ3n) is 4.27. The van der Waals surface area contributed by atoms with Gasteiger partial charge in [0.15, 0.2) is 11.0 Å². The van der Waals surface area contributed by atoms with Gasteiger partial charge in [0.05, 0.1) is 16.5 Å². The summed E-state index contributed by atoms with van der Waals surface area (Å²) in [5.74, 6) is 1.48. The Morgan fingerprint density at radius 2 is 2.07 bits per heavy atom. The average molecular weight is 443 g/mol. The fourth-order valence-corrected chi connectivity index (χ4v) is 3.78. The van der Waals surface area contributed by atoms with E-state index < -0.39 is 0 Å². The van der Waals surface area contributed by atoms with Crippen LogP contribution in [0.25, 0.3) is 0 Å². The number of benzene rings is 2. The first-order chi connectivity index (χ1) is 14.5. The lowest BCUT2D eigenvalue weighted by atomic mass is 10.1. The van der Waals surface area contributed by atoms with Gasteiger partial charge >= 0.3 is 0 Å². The maximum absolute atomic E-state index is 12.3. The summed E-state index contributed by atoms with van der Waals surface area (Å²) < 4.78 is 7.83. The highest BCUT2D eigenvalue weighted by molar-refractivity contribution is 7.99. The van der Waals surface area contributed by atoms with Crippen LogP contribution >= 0.6 is 23.4 Å². The number of hydrogen-bond donors (Lipinski definition) is 1. The fraction of sp³-hybridized carbons (Fsp3) is 0.227. The molecule has 3 rings (SSSR count). The molecule has 0 aliphatic heterocycles. The molecule has 2 aromatic carbocycles. The molecular formula is C22H23ClN4O2S. The minimum Gasteiger partial charge on any atom is -0.485 e. The van der Waals surface area contributed by atoms with Gasteiger partial charge in [0.2, 0.25) is 5.91 Å². The van der Waals surface area contributed by atoms with Crippen molar-refractivity contribution in [2.24, 2.45) is 0 Å². The van der Waals surface area contributed by atoms with Crippen molar-refractivity contribution in [2.75, 3.05) is 11.1 Å². The molecule has 0 spiro atoms. The van der Waals surface area contributed by atoms with E-state index in [1.54, 1.807) is 18.2 Å². The van der Waals surface area contributed by atoms with Gasteiger partial charge in [-0.1, -0.05) is 59.3 Å². The van der Waals surface area contributed by atoms with Crippen LogP contribution in [0.3, 0.4) is 0 Å². The highest BCUT2D eigenvalue weighted by Gasteiger charge is 2.15. The van der Waals surface area contributed by atoms with Crippen molar-refractivity contribution in [3.05, 3.63) is 77.1 Å². The number of nitrogens with one attached hydrogen (secondary N) is 1. The molecule has 1 heterocycles. The molecule has 0 unspecified atom stereocenters. The van der Waals surface area contributed by atoms with Crippen LogP contribution in [-0.2, 0) is 17.9 Å². The number of para-hydroxylation sites is 1. The SMILES string of the molecule is C=CCn1c(COc2ccc(C)cc2C)nnc1SCC(=O)Nc1ccccc1Cl. The number of allylic oxidation sites excluding steroid dienone is 1. The van der Waals surface area contributed by atoms with Crippen molar-refractivity contribution in [1.29, 1.82) is 0 Å². The number of rotatable bonds is 9. The van der Waals surface area contributed by atoms with Crippen LogP contribution in [0.4, 0.5) is 5.69 Å². The van der Waals surface area contributed by atoms with Crippen LogP contribution in [0.5, 0.6) is 5.75 Å². The summed E-state index contributed by atoms with van der Waals surface area (Å²) in [5.41, 5.74) is 2.83. The molecule has 156 valence electrons. The standard InChI is InChI=1S/C22H23ClN4O2S/c1-4-11-27-20(13-29-19-10-9-15(2)12-16(19)3)25-26-22(27)30-14-21(28)24-18-8-6-5-7-17(18)23/h4-10,12H,1,11,13-14H2,2-3H3,(H,24,28). The van der Waals surface area contributed by atoms with Gasteiger partial charge in [0.25, 0.3) is 0 Å². The van der Waals surface area contributed by atoms with E-state index in [0.29, 0.717) is 28.2 Å². The zero-order chi connectivity index (χ0) is 21.5. The zero-order valence-electron chi connectivity index (χ0n) is 16.9. The van der Waals surface area contributed by atoms with Gasteiger partial charge in [-0.2, -0.15) is 0 Å². The molecule has 0 radical (unpaired) electrons. The Bertz CT molecular complexity index is 1050. The summed E-state index contributed by atoms with van der Waals surface area (Å²) in [6, 6.07) is 13.1. The summed E-state index contributed by atoms with van der Waals surface area (Å²) >= 11 is 7.39. The zero-order valence-corrected chi connectivity index (χ0v) is 18.5. The molecule has 1 aromatic heterocycles. The Morgan fingerprint density at radius 1 is 1.27 bits per heavy atom. The van der Waals surface area contributed by atoms with Crippen molar-refractivity contribution in [3.8, 4) is 5.75 Å². The van der Waals surface area contributed by atoms with E-state index in [1.807, 2.05) is 42.7 Å². The minimum atomic E-state index is -0.172. The van der Waals surface area contributed by atoms with Crippen molar-refractivity contribution >= 4 is 35.0 Å². The predicted octanol–water partition coefficient (Wildman–Crippen LogP) is 5.04. The normalized spacial score (nSPS) is 10.6. The lowest BCUT2D eigenvalue weighted by Crippen LogP contribution is -2.15. The Kier molecular flexibility index (Phi) is 7.54. The van der Waals surface area contributed by atoms with Gasteiger partial charge in [-0.05, 0) is 37.6 Å². The largest absolute Gasteiger partial charge is 0.485 e. The Hall–Kier alpha value is -2.77. The smallest absolute Gasteiger partial charge is 0.234 e. The summed E-state index contributed by atoms with van der Waals surface area (Å²) in [6.07, 6.45) is 1.76. The number of nitrogens with zero attached hydrogens (tertiary/aromatic N) is 3. The average Bonchev–Trinajstić information content (AvgIpc) is 3.09. The number of aryl methyl sites for hydroxylation is 2. The highest BCUT2D eigenvalue weighted by Crippen LogP contribution is 2.23. The number of hydrogen-bond acceptors (Lipinski definition) is 5. The molecular weight excluding hydrogens is 420 g/mol. The van der Waals surface area contributed by atoms with E-state index in [2.05, 4.69) is 28.2 Å². The summed E-state index contributed by atoms with van der Waals surface area (Å²) in [6.45, 7) is 8.65. The third kappa shape index (κ3) is 5.64. The molecule has 1 N–H and O–H groups in total. The summed E-state index contributed by atoms with van der Waals surface area (Å²) in [4.78, 5) is 12.3. The second-order valence-electron chi connectivity index (χ2n) is 6.67. The summed E-state index contributed by atoms with van der Waals surface area (Å²) in [7, 11) is 0. The van der Waals surface area contributed by atoms with Gasteiger partial charge in [-0.25, -0.2) is 0 Å². The second kappa shape index (κ2) is 10.3. The van der Waals surface area contributed by atoms with E-state index in [9.17, 15) is 4.79 Å². The molecule has 6 nitrogen and oxygen atoms in total. The lowest BCUT2D eigenvalue weighted by Gasteiger charge is -2.11. The van der Waals surface area contributed by atoms with Crippen LogP contribution in [0.15, 0.2) is 60.3 Å². The molecule has 0 aliphatic carbocycles. The first kappa shape index (κ1) is 21.9. The van der Waals surface area contributed by atoms with Gasteiger partial charge in [-0.3, -0.25) is 9.36 Å². The van der Waals surface area contributed by atoms with Crippen molar-refractivity contribution in [2.45, 2.75) is 32.2 Å². The van der Waals surface area contributed by atoms with Gasteiger partial charge in [0, 0.05) is 6.54 Å². The lowest BCUT2D eigenvalue weighted by molar-refractivity contribution is -0.113. The van der Waals surface area contributed by atoms with Gasteiger partial charge in [-0.15, -0.1) is 16.8 Å². The van der Waals surface area contributed by atoms with E-state index in [1.165, 1.54) is 17.3 Å². The first-order valence-electron chi connectivity index (χ1n) is 9.38. The molecule has 0 bridgehead atoms. The fourth-order valence-electron chi connectivity index (χ4n) is 2.83. The number of ether oxygens (including phenoxy) is 1. The molecule has 0 saturated carbocycles. The third-order valence-corrected chi connectivity index (χ3v) is 5.57. The monoisotopic (exact) mass is 442 g/mol. The number of anilines is 1. The molecule has 0 aliphatic rings. The first-order valence-corrected chi connectivity index (χ1v) is 10.7. The van der Waals surface area contributed by atoms with E-state index in [0.717, 1.165) is 11.3 Å². The predicted molar refractivity (Wildman–Crippen MR) is 121 cm³/mol. The number of carbonyl (C=O) groups is 1. The van der Waals surface area contributed by atoms with Crippen molar-refractivity contribution in [3.63, 3.8) is 0 Å². The number of halogens is 1. The van der Waals surface area contributed by atoms with E-state index in [4.69, 9.17) is 16.3 Å². The Balaban J connectivity index is 1.64. The Morgan fingerprint density at radius 3 is 2.80 bits per heavy atom. The molecule has 30 heavy (non-hydrogen) atoms. The Labute approximate surface area is 185 Å². The highest BCUT2D eigenvalue weighted by atomic mass is 35.5. The molecule has 1 amide bonds. The maximum atomic E-state index is 12.3. The number of thioether (sulfide) groups is 1. The second-order valence-corrected chi connectivity index (χ2v) is 8.02. The van der Waals surface area contributed by atoms with E-state index in [-0.39, 0.29) is 18.3 Å². The van der Waals surface area contributed by atoms with Crippen LogP contribution in [0, 0.1) is 13.8 Å². The van der Waals surface area contributed by atoms with Crippen LogP contribution in [0.1, 0.15) is 17.0 Å². The van der Waals surface area contributed by atoms with Crippen LogP contribution < -0.4 is 10.1 Å². The summed E-state index contributed by atoms with van der Waals surface area (Å²) in [5, 5.41) is 12.4. The number of amides is 1. The molecule has 0 fully saturated rings. The number of aromatic nitrogens is 3. The maximum Gasteiger partial charge on any atom is 0.234 e. The topological polar surface area (TPSA) is 69.0 Å². The molecule has 8 heteroatoms.